The van der Waals surface area contributed by atoms with Gasteiger partial charge < -0.3 is 4.55 Å². The van der Waals surface area contributed by atoms with E-state index in [0.717, 1.165) is 24.2 Å². The van der Waals surface area contributed by atoms with E-state index in [1.807, 2.05) is 6.92 Å². The number of benzene rings is 1. The van der Waals surface area contributed by atoms with Crippen LogP contribution in [0, 0.1) is 12.8 Å². The molecule has 0 saturated heterocycles. The van der Waals surface area contributed by atoms with Crippen LogP contribution >= 0.6 is 0 Å². The molecular formula is C17H26O4S2. The second-order valence-corrected chi connectivity index (χ2v) is 9.84. The Kier molecular flexibility index (Phi) is 8.29. The average molecular weight is 359 g/mol. The van der Waals surface area contributed by atoms with Crippen molar-refractivity contribution in [2.75, 3.05) is 18.3 Å². The molecule has 0 bridgehead atoms. The van der Waals surface area contributed by atoms with E-state index >= 15 is 0 Å². The Bertz CT molecular complexity index is 586. The summed E-state index contributed by atoms with van der Waals surface area (Å²) in [6.07, 6.45) is 10.5. The molecule has 0 radical (unpaired) electrons. The van der Waals surface area contributed by atoms with Crippen molar-refractivity contribution in [1.82, 2.24) is 0 Å². The van der Waals surface area contributed by atoms with Gasteiger partial charge in [-0.05, 0) is 42.8 Å². The number of carbonyl (C=O) groups is 1. The van der Waals surface area contributed by atoms with Crippen molar-refractivity contribution in [2.24, 2.45) is 5.92 Å². The van der Waals surface area contributed by atoms with Gasteiger partial charge in [0.1, 0.15) is 10.1 Å². The highest BCUT2D eigenvalue weighted by molar-refractivity contribution is 7.96. The van der Waals surface area contributed by atoms with Gasteiger partial charge in [0.05, 0.1) is 17.4 Å². The van der Waals surface area contributed by atoms with Gasteiger partial charge in [-0.25, -0.2) is 8.42 Å². The van der Waals surface area contributed by atoms with Gasteiger partial charge in [-0.1, -0.05) is 37.0 Å². The van der Waals surface area contributed by atoms with E-state index in [1.165, 1.54) is 31.4 Å². The lowest BCUT2D eigenvalue weighted by molar-refractivity contribution is -0.121. The molecule has 130 valence electrons. The van der Waals surface area contributed by atoms with Gasteiger partial charge in [0.15, 0.2) is 11.5 Å². The fourth-order valence-electron chi connectivity index (χ4n) is 2.53. The molecule has 0 spiro atoms. The summed E-state index contributed by atoms with van der Waals surface area (Å²) in [6, 6.07) is 5.78. The van der Waals surface area contributed by atoms with Crippen LogP contribution in [0.15, 0.2) is 29.2 Å². The Morgan fingerprint density at radius 1 is 1.13 bits per heavy atom. The Labute approximate surface area is 142 Å². The second kappa shape index (κ2) is 9.45. The third kappa shape index (κ3) is 7.99. The monoisotopic (exact) mass is 358 g/mol. The molecule has 1 aliphatic rings. The van der Waals surface area contributed by atoms with E-state index in [0.29, 0.717) is 22.6 Å². The molecule has 1 aliphatic carbocycles. The highest BCUT2D eigenvalue weighted by Crippen LogP contribution is 2.24. The van der Waals surface area contributed by atoms with Gasteiger partial charge in [0.25, 0.3) is 0 Å². The number of hydrogen-bond acceptors (Lipinski definition) is 4. The van der Waals surface area contributed by atoms with Gasteiger partial charge in [-0.2, -0.15) is 0 Å². The molecule has 6 heteroatoms. The van der Waals surface area contributed by atoms with Crippen LogP contribution in [0.4, 0.5) is 0 Å². The normalized spacial score (nSPS) is 15.9. The molecule has 0 heterocycles. The largest absolute Gasteiger partial charge is 0.744 e. The molecule has 4 nitrogen and oxygen atoms in total. The van der Waals surface area contributed by atoms with Crippen molar-refractivity contribution in [3.05, 3.63) is 29.8 Å². The van der Waals surface area contributed by atoms with Crippen molar-refractivity contribution < 1.29 is 17.8 Å². The van der Waals surface area contributed by atoms with Gasteiger partial charge in [-0.15, -0.1) is 0 Å². The van der Waals surface area contributed by atoms with E-state index < -0.39 is 10.1 Å². The lowest BCUT2D eigenvalue weighted by atomic mass is 9.87. The second-order valence-electron chi connectivity index (χ2n) is 6.20. The molecule has 1 saturated carbocycles. The Hall–Kier alpha value is -0.850. The summed E-state index contributed by atoms with van der Waals surface area (Å²) in [7, 11) is -3.97. The van der Waals surface area contributed by atoms with E-state index in [4.69, 9.17) is 0 Å². The number of rotatable bonds is 4. The summed E-state index contributed by atoms with van der Waals surface area (Å²) < 4.78 is 31.2. The van der Waals surface area contributed by atoms with Crippen LogP contribution in [0.5, 0.6) is 0 Å². The summed E-state index contributed by atoms with van der Waals surface area (Å²) in [5.41, 5.74) is 0.928. The van der Waals surface area contributed by atoms with Crippen molar-refractivity contribution >= 4 is 26.8 Å². The predicted octanol–water partition coefficient (Wildman–Crippen LogP) is 2.91. The molecule has 0 unspecified atom stereocenters. The first kappa shape index (κ1) is 20.2. The zero-order valence-electron chi connectivity index (χ0n) is 14.1. The Balaban J connectivity index is 0.000000231. The Morgan fingerprint density at radius 3 is 2.09 bits per heavy atom. The third-order valence-corrected chi connectivity index (χ3v) is 5.51. The van der Waals surface area contributed by atoms with Gasteiger partial charge in [0, 0.05) is 5.92 Å². The molecule has 1 aromatic rings. The smallest absolute Gasteiger partial charge is 0.184 e. The zero-order chi connectivity index (χ0) is 17.5. The first-order valence-electron chi connectivity index (χ1n) is 7.79. The van der Waals surface area contributed by atoms with Crippen molar-refractivity contribution in [3.63, 3.8) is 0 Å². The van der Waals surface area contributed by atoms with Gasteiger partial charge >= 0.3 is 0 Å². The number of hydrogen-bond donors (Lipinski definition) is 0. The summed E-state index contributed by atoms with van der Waals surface area (Å²) in [5.74, 6) is 1.78. The molecule has 1 fully saturated rings. The van der Waals surface area contributed by atoms with Crippen LogP contribution in [0.3, 0.4) is 0 Å². The standard InChI is InChI=1S/C10H19OS.C7H8O3S/c1-12(2)8-10(11)9-6-4-3-5-7-9;1-6-2-4-7(5-3-6)11(8,9)10/h9H,3-8H2,1-2H3;2-5H,1H3,(H,8,9,10)/q+1;/p-1. The number of aryl methyl sites for hydroxylation is 1. The van der Waals surface area contributed by atoms with E-state index in [1.54, 1.807) is 12.1 Å². The maximum atomic E-state index is 11.6. The molecule has 23 heavy (non-hydrogen) atoms. The van der Waals surface area contributed by atoms with E-state index in [9.17, 15) is 17.8 Å². The molecular weight excluding hydrogens is 332 g/mol. The average Bonchev–Trinajstić information content (AvgIpc) is 2.47. The first-order valence-corrected chi connectivity index (χ1v) is 11.4. The lowest BCUT2D eigenvalue weighted by Gasteiger charge is -2.19. The lowest BCUT2D eigenvalue weighted by Crippen LogP contribution is -2.24. The maximum Gasteiger partial charge on any atom is 0.184 e. The number of carbonyl (C=O) groups excluding carboxylic acids is 1. The highest BCUT2D eigenvalue weighted by Gasteiger charge is 2.24. The minimum absolute atomic E-state index is 0.178. The van der Waals surface area contributed by atoms with Crippen LogP contribution in [0.2, 0.25) is 0 Å². The fraction of sp³-hybridized carbons (Fsp3) is 0.588. The molecule has 1 aromatic carbocycles. The molecule has 0 N–H and O–H groups in total. The van der Waals surface area contributed by atoms with E-state index in [2.05, 4.69) is 12.5 Å². The summed E-state index contributed by atoms with van der Waals surface area (Å²) in [6.45, 7) is 1.82. The van der Waals surface area contributed by atoms with Crippen molar-refractivity contribution in [1.29, 1.82) is 0 Å². The molecule has 0 aromatic heterocycles. The fourth-order valence-corrected chi connectivity index (χ4v) is 3.81. The predicted molar refractivity (Wildman–Crippen MR) is 94.8 cm³/mol. The molecule has 0 atom stereocenters. The minimum atomic E-state index is -4.27. The van der Waals surface area contributed by atoms with Crippen LogP contribution in [-0.2, 0) is 25.8 Å². The van der Waals surface area contributed by atoms with Gasteiger partial charge in [0.2, 0.25) is 0 Å². The van der Waals surface area contributed by atoms with E-state index in [-0.39, 0.29) is 4.90 Å². The molecule has 0 aliphatic heterocycles. The Morgan fingerprint density at radius 2 is 1.65 bits per heavy atom. The quantitative estimate of drug-likeness (QED) is 0.613. The van der Waals surface area contributed by atoms with Crippen molar-refractivity contribution in [2.45, 2.75) is 43.9 Å². The maximum absolute atomic E-state index is 11.6. The number of ketones is 1. The van der Waals surface area contributed by atoms with Crippen LogP contribution in [0.25, 0.3) is 0 Å². The minimum Gasteiger partial charge on any atom is -0.744 e. The van der Waals surface area contributed by atoms with Crippen LogP contribution < -0.4 is 0 Å². The summed E-state index contributed by atoms with van der Waals surface area (Å²) in [5, 5.41) is 0. The van der Waals surface area contributed by atoms with Crippen molar-refractivity contribution in [3.8, 4) is 0 Å². The van der Waals surface area contributed by atoms with Crippen LogP contribution in [0.1, 0.15) is 37.7 Å². The third-order valence-electron chi connectivity index (χ3n) is 3.80. The zero-order valence-corrected chi connectivity index (χ0v) is 15.7. The molecule has 2 rings (SSSR count). The SMILES string of the molecule is C[S+](C)CC(=O)C1CCCCC1.Cc1ccc(S(=O)(=O)[O-])cc1. The number of Topliss-reactive ketones (excluding diaryl/α,β-unsaturated/α-hetero) is 1. The van der Waals surface area contributed by atoms with Crippen LogP contribution in [-0.4, -0.2) is 37.0 Å². The molecule has 0 amide bonds. The summed E-state index contributed by atoms with van der Waals surface area (Å²) >= 11 is 0. The van der Waals surface area contributed by atoms with Gasteiger partial charge in [-0.3, -0.25) is 4.79 Å². The topological polar surface area (TPSA) is 74.3 Å². The first-order chi connectivity index (χ1) is 10.7. The summed E-state index contributed by atoms with van der Waals surface area (Å²) in [4.78, 5) is 11.4. The highest BCUT2D eigenvalue weighted by atomic mass is 32.2.